The van der Waals surface area contributed by atoms with E-state index in [1.807, 2.05) is 6.92 Å². The van der Waals surface area contributed by atoms with Gasteiger partial charge in [-0.25, -0.2) is 22.9 Å². The van der Waals surface area contributed by atoms with Crippen LogP contribution in [0, 0.1) is 0 Å². The Kier molecular flexibility index (Phi) is 8.14. The van der Waals surface area contributed by atoms with Crippen LogP contribution in [0.25, 0.3) is 0 Å². The topological polar surface area (TPSA) is 85.4 Å². The minimum Gasteiger partial charge on any atom is -0.465 e. The summed E-state index contributed by atoms with van der Waals surface area (Å²) in [6.45, 7) is 1.79. The molecule has 0 amide bonds. The zero-order chi connectivity index (χ0) is 22.5. The normalized spacial score (nSPS) is 12.1. The fraction of sp³-hybridized carbons (Fsp3) is 0.333. The SMILES string of the molecule is CCc1ccc(S(=O)(=O)NCCSc2ncc(C(F)(F)F)cc2Cl)cc1C(=O)OC.[HH]. The van der Waals surface area contributed by atoms with Crippen molar-refractivity contribution in [2.24, 2.45) is 0 Å². The van der Waals surface area contributed by atoms with E-state index >= 15 is 0 Å². The molecule has 0 unspecified atom stereocenters. The Morgan fingerprint density at radius 3 is 2.60 bits per heavy atom. The van der Waals surface area contributed by atoms with Gasteiger partial charge in [0.05, 0.1) is 28.2 Å². The smallest absolute Gasteiger partial charge is 0.417 e. The standard InChI is InChI=1S/C18H18ClF3N2O4S2.H2/c1-3-11-4-5-13(9-14(11)17(25)28-2)30(26,27)24-6-7-29-16-15(19)8-12(10-23-16)18(20,21)22;/h4-5,8-10,24H,3,6-7H2,1-2H3;1H. The highest BCUT2D eigenvalue weighted by Crippen LogP contribution is 2.33. The minimum absolute atomic E-state index is 0. The minimum atomic E-state index is -4.55. The molecule has 166 valence electrons. The first-order valence-electron chi connectivity index (χ1n) is 8.56. The summed E-state index contributed by atoms with van der Waals surface area (Å²) in [5.41, 5.74) is -0.146. The van der Waals surface area contributed by atoms with Crippen LogP contribution in [0.1, 0.15) is 29.8 Å². The molecule has 0 fully saturated rings. The summed E-state index contributed by atoms with van der Waals surface area (Å²) < 4.78 is 69.9. The molecule has 0 aliphatic heterocycles. The van der Waals surface area contributed by atoms with Gasteiger partial charge in [-0.15, -0.1) is 11.8 Å². The number of carbonyl (C=O) groups excluding carboxylic acids is 1. The van der Waals surface area contributed by atoms with Crippen molar-refractivity contribution in [3.05, 3.63) is 52.2 Å². The molecule has 0 spiro atoms. The Morgan fingerprint density at radius 1 is 1.33 bits per heavy atom. The second kappa shape index (κ2) is 9.99. The summed E-state index contributed by atoms with van der Waals surface area (Å²) in [4.78, 5) is 15.5. The molecule has 12 heteroatoms. The molecule has 1 aromatic heterocycles. The summed E-state index contributed by atoms with van der Waals surface area (Å²) >= 11 is 6.83. The van der Waals surface area contributed by atoms with Gasteiger partial charge in [-0.1, -0.05) is 24.6 Å². The molecule has 0 saturated heterocycles. The second-order valence-corrected chi connectivity index (χ2v) is 9.18. The Morgan fingerprint density at radius 2 is 2.03 bits per heavy atom. The Hall–Kier alpha value is -1.82. The van der Waals surface area contributed by atoms with E-state index in [-0.39, 0.29) is 34.2 Å². The van der Waals surface area contributed by atoms with Gasteiger partial charge >= 0.3 is 12.1 Å². The molecule has 0 atom stereocenters. The maximum Gasteiger partial charge on any atom is 0.417 e. The lowest BCUT2D eigenvalue weighted by molar-refractivity contribution is -0.137. The fourth-order valence-corrected chi connectivity index (χ4v) is 4.66. The van der Waals surface area contributed by atoms with Crippen molar-refractivity contribution >= 4 is 39.4 Å². The number of hydrogen-bond acceptors (Lipinski definition) is 6. The molecule has 30 heavy (non-hydrogen) atoms. The molecular formula is C18H20ClF3N2O4S2. The van der Waals surface area contributed by atoms with Crippen LogP contribution in [0.4, 0.5) is 13.2 Å². The van der Waals surface area contributed by atoms with Crippen LogP contribution in [-0.2, 0) is 27.4 Å². The highest BCUT2D eigenvalue weighted by atomic mass is 35.5. The number of rotatable bonds is 8. The summed E-state index contributed by atoms with van der Waals surface area (Å²) in [6.07, 6.45) is -3.36. The number of carbonyl (C=O) groups is 1. The van der Waals surface area contributed by atoms with Gasteiger partial charge in [-0.2, -0.15) is 13.2 Å². The first kappa shape index (κ1) is 24.4. The number of halogens is 4. The molecule has 0 bridgehead atoms. The van der Waals surface area contributed by atoms with Crippen LogP contribution in [0.15, 0.2) is 40.4 Å². The van der Waals surface area contributed by atoms with Crippen molar-refractivity contribution < 1.29 is 32.5 Å². The number of thioether (sulfide) groups is 1. The fourth-order valence-electron chi connectivity index (χ4n) is 2.42. The monoisotopic (exact) mass is 484 g/mol. The molecule has 1 N–H and O–H groups in total. The number of aromatic nitrogens is 1. The van der Waals surface area contributed by atoms with E-state index in [4.69, 9.17) is 11.6 Å². The maximum atomic E-state index is 12.6. The van der Waals surface area contributed by atoms with Gasteiger partial charge < -0.3 is 4.74 Å². The molecule has 1 heterocycles. The number of nitrogens with zero attached hydrogens (tertiary/aromatic N) is 1. The average Bonchev–Trinajstić information content (AvgIpc) is 2.70. The Balaban J connectivity index is 0.00000480. The van der Waals surface area contributed by atoms with E-state index in [2.05, 4.69) is 14.4 Å². The van der Waals surface area contributed by atoms with Crippen LogP contribution < -0.4 is 4.72 Å². The zero-order valence-corrected chi connectivity index (χ0v) is 18.3. The largest absolute Gasteiger partial charge is 0.465 e. The number of aryl methyl sites for hydroxylation is 1. The van der Waals surface area contributed by atoms with Crippen molar-refractivity contribution in [2.45, 2.75) is 29.4 Å². The number of nitrogens with one attached hydrogen (secondary N) is 1. The van der Waals surface area contributed by atoms with Crippen molar-refractivity contribution in [1.82, 2.24) is 9.71 Å². The molecule has 2 rings (SSSR count). The van der Waals surface area contributed by atoms with E-state index in [1.165, 1.54) is 19.2 Å². The number of benzene rings is 1. The van der Waals surface area contributed by atoms with E-state index in [0.29, 0.717) is 18.2 Å². The molecule has 0 aliphatic rings. The number of alkyl halides is 3. The molecule has 6 nitrogen and oxygen atoms in total. The van der Waals surface area contributed by atoms with Gasteiger partial charge in [0, 0.05) is 19.9 Å². The summed E-state index contributed by atoms with van der Waals surface area (Å²) in [6, 6.07) is 4.94. The number of ether oxygens (including phenoxy) is 1. The first-order valence-corrected chi connectivity index (χ1v) is 11.4. The number of hydrogen-bond donors (Lipinski definition) is 1. The summed E-state index contributed by atoms with van der Waals surface area (Å²) in [5.74, 6) is -0.462. The second-order valence-electron chi connectivity index (χ2n) is 5.92. The highest BCUT2D eigenvalue weighted by Gasteiger charge is 2.31. The van der Waals surface area contributed by atoms with Crippen LogP contribution >= 0.6 is 23.4 Å². The van der Waals surface area contributed by atoms with Gasteiger partial charge in [0.1, 0.15) is 5.03 Å². The van der Waals surface area contributed by atoms with Gasteiger partial charge in [0.2, 0.25) is 10.0 Å². The van der Waals surface area contributed by atoms with Gasteiger partial charge in [0.15, 0.2) is 0 Å². The van der Waals surface area contributed by atoms with Crippen LogP contribution in [0.2, 0.25) is 5.02 Å². The van der Waals surface area contributed by atoms with Gasteiger partial charge in [-0.05, 0) is 30.2 Å². The number of pyridine rings is 1. The van der Waals surface area contributed by atoms with E-state index < -0.39 is 27.7 Å². The Labute approximate surface area is 182 Å². The third kappa shape index (κ3) is 6.10. The highest BCUT2D eigenvalue weighted by molar-refractivity contribution is 7.99. The third-order valence-electron chi connectivity index (χ3n) is 3.95. The lowest BCUT2D eigenvalue weighted by atomic mass is 10.1. The molecule has 0 aliphatic carbocycles. The van der Waals surface area contributed by atoms with Crippen LogP contribution in [0.3, 0.4) is 0 Å². The average molecular weight is 485 g/mol. The lowest BCUT2D eigenvalue weighted by Gasteiger charge is -2.11. The van der Waals surface area contributed by atoms with E-state index in [0.717, 1.165) is 17.8 Å². The van der Waals surface area contributed by atoms with Crippen molar-refractivity contribution in [1.29, 1.82) is 0 Å². The third-order valence-corrected chi connectivity index (χ3v) is 6.81. The van der Waals surface area contributed by atoms with Gasteiger partial charge in [0.25, 0.3) is 0 Å². The molecule has 0 saturated carbocycles. The predicted octanol–water partition coefficient (Wildman–Crippen LogP) is 4.42. The molecular weight excluding hydrogens is 465 g/mol. The maximum absolute atomic E-state index is 12.6. The molecule has 0 radical (unpaired) electrons. The van der Waals surface area contributed by atoms with Crippen molar-refractivity contribution in [3.63, 3.8) is 0 Å². The summed E-state index contributed by atoms with van der Waals surface area (Å²) in [7, 11) is -2.71. The molecule has 2 aromatic rings. The number of sulfonamides is 1. The first-order chi connectivity index (χ1) is 14.0. The Bertz CT molecular complexity index is 1040. The van der Waals surface area contributed by atoms with Crippen LogP contribution in [0.5, 0.6) is 0 Å². The van der Waals surface area contributed by atoms with Gasteiger partial charge in [-0.3, -0.25) is 0 Å². The van der Waals surface area contributed by atoms with E-state index in [1.54, 1.807) is 6.07 Å². The van der Waals surface area contributed by atoms with Crippen molar-refractivity contribution in [2.75, 3.05) is 19.4 Å². The summed E-state index contributed by atoms with van der Waals surface area (Å²) in [5, 5.41) is -0.0142. The number of methoxy groups -OCH3 is 1. The quantitative estimate of drug-likeness (QED) is 0.339. The lowest BCUT2D eigenvalue weighted by Crippen LogP contribution is -2.26. The predicted molar refractivity (Wildman–Crippen MR) is 109 cm³/mol. The molecule has 1 aromatic carbocycles. The van der Waals surface area contributed by atoms with Crippen molar-refractivity contribution in [3.8, 4) is 0 Å². The zero-order valence-electron chi connectivity index (χ0n) is 15.9. The van der Waals surface area contributed by atoms with Crippen LogP contribution in [-0.4, -0.2) is 38.8 Å². The van der Waals surface area contributed by atoms with E-state index in [9.17, 15) is 26.4 Å². The number of esters is 1.